The number of nitrogen functional groups attached to an aromatic ring is 1. The lowest BCUT2D eigenvalue weighted by Crippen LogP contribution is -2.19. The van der Waals surface area contributed by atoms with Crippen LogP contribution >= 0.6 is 15.9 Å². The Balaban J connectivity index is 2.01. The zero-order chi connectivity index (χ0) is 11.5. The third kappa shape index (κ3) is 3.14. The summed E-state index contributed by atoms with van der Waals surface area (Å²) in [4.78, 5) is 0. The first-order chi connectivity index (χ1) is 7.69. The van der Waals surface area contributed by atoms with Gasteiger partial charge in [-0.1, -0.05) is 35.7 Å². The van der Waals surface area contributed by atoms with Crippen LogP contribution in [0.3, 0.4) is 0 Å². The van der Waals surface area contributed by atoms with Gasteiger partial charge in [-0.05, 0) is 37.0 Å². The van der Waals surface area contributed by atoms with Crippen molar-refractivity contribution >= 4 is 27.3 Å². The van der Waals surface area contributed by atoms with Crippen LogP contribution in [0.25, 0.3) is 0 Å². The van der Waals surface area contributed by atoms with Crippen LogP contribution in [0.4, 0.5) is 11.4 Å². The maximum absolute atomic E-state index is 5.96. The summed E-state index contributed by atoms with van der Waals surface area (Å²) in [6.45, 7) is 2.23. The molecule has 88 valence electrons. The highest BCUT2D eigenvalue weighted by atomic mass is 79.9. The average Bonchev–Trinajstić information content (AvgIpc) is 3.06. The summed E-state index contributed by atoms with van der Waals surface area (Å²) in [5.41, 5.74) is 7.84. The standard InChI is InChI=1S/C13H19BrN2/c1-2-11(7-9-3-4-9)16-13-8-10(14)5-6-12(13)15/h5-6,8-9,11,16H,2-4,7,15H2,1H3. The molecular formula is C13H19BrN2. The second kappa shape index (κ2) is 5.09. The van der Waals surface area contributed by atoms with E-state index < -0.39 is 0 Å². The predicted octanol–water partition coefficient (Wildman–Crippen LogP) is 4.02. The minimum atomic E-state index is 0.559. The first kappa shape index (κ1) is 11.8. The molecule has 2 rings (SSSR count). The molecule has 1 atom stereocenters. The molecule has 2 nitrogen and oxygen atoms in total. The number of rotatable bonds is 5. The Labute approximate surface area is 106 Å². The molecule has 1 aliphatic carbocycles. The average molecular weight is 283 g/mol. The van der Waals surface area contributed by atoms with Crippen molar-refractivity contribution in [2.75, 3.05) is 11.1 Å². The van der Waals surface area contributed by atoms with E-state index in [1.165, 1.54) is 19.3 Å². The second-order valence-electron chi connectivity index (χ2n) is 4.66. The minimum Gasteiger partial charge on any atom is -0.397 e. The van der Waals surface area contributed by atoms with Gasteiger partial charge in [-0.15, -0.1) is 0 Å². The van der Waals surface area contributed by atoms with Crippen molar-refractivity contribution in [3.05, 3.63) is 22.7 Å². The molecule has 16 heavy (non-hydrogen) atoms. The molecule has 1 unspecified atom stereocenters. The van der Waals surface area contributed by atoms with Gasteiger partial charge in [-0.3, -0.25) is 0 Å². The predicted molar refractivity (Wildman–Crippen MR) is 73.6 cm³/mol. The van der Waals surface area contributed by atoms with E-state index in [2.05, 4.69) is 34.2 Å². The van der Waals surface area contributed by atoms with Crippen molar-refractivity contribution in [2.45, 2.75) is 38.6 Å². The monoisotopic (exact) mass is 282 g/mol. The molecule has 0 bridgehead atoms. The largest absolute Gasteiger partial charge is 0.397 e. The quantitative estimate of drug-likeness (QED) is 0.801. The fraction of sp³-hybridized carbons (Fsp3) is 0.538. The van der Waals surface area contributed by atoms with Gasteiger partial charge in [0.15, 0.2) is 0 Å². The van der Waals surface area contributed by atoms with Crippen LogP contribution in [0.5, 0.6) is 0 Å². The lowest BCUT2D eigenvalue weighted by Gasteiger charge is -2.19. The van der Waals surface area contributed by atoms with Gasteiger partial charge in [0.05, 0.1) is 11.4 Å². The molecule has 0 amide bonds. The summed E-state index contributed by atoms with van der Waals surface area (Å²) >= 11 is 3.48. The van der Waals surface area contributed by atoms with Crippen LogP contribution in [0.15, 0.2) is 22.7 Å². The fourth-order valence-electron chi connectivity index (χ4n) is 1.96. The van der Waals surface area contributed by atoms with E-state index in [9.17, 15) is 0 Å². The van der Waals surface area contributed by atoms with Gasteiger partial charge in [0.2, 0.25) is 0 Å². The molecule has 0 aromatic heterocycles. The number of hydrogen-bond acceptors (Lipinski definition) is 2. The van der Waals surface area contributed by atoms with Crippen molar-refractivity contribution in [3.63, 3.8) is 0 Å². The second-order valence-corrected chi connectivity index (χ2v) is 5.58. The third-order valence-electron chi connectivity index (χ3n) is 3.18. The van der Waals surface area contributed by atoms with Gasteiger partial charge < -0.3 is 11.1 Å². The van der Waals surface area contributed by atoms with E-state index in [-0.39, 0.29) is 0 Å². The van der Waals surface area contributed by atoms with Gasteiger partial charge in [0.25, 0.3) is 0 Å². The van der Waals surface area contributed by atoms with Gasteiger partial charge in [-0.2, -0.15) is 0 Å². The van der Waals surface area contributed by atoms with Crippen LogP contribution < -0.4 is 11.1 Å². The summed E-state index contributed by atoms with van der Waals surface area (Å²) in [6, 6.07) is 6.54. The highest BCUT2D eigenvalue weighted by molar-refractivity contribution is 9.10. The summed E-state index contributed by atoms with van der Waals surface area (Å²) in [5.74, 6) is 0.950. The van der Waals surface area contributed by atoms with E-state index in [1.54, 1.807) is 0 Å². The minimum absolute atomic E-state index is 0.559. The lowest BCUT2D eigenvalue weighted by molar-refractivity contribution is 0.587. The van der Waals surface area contributed by atoms with Crippen LogP contribution in [0.2, 0.25) is 0 Å². The lowest BCUT2D eigenvalue weighted by atomic mass is 10.1. The van der Waals surface area contributed by atoms with Crippen molar-refractivity contribution in [3.8, 4) is 0 Å². The first-order valence-corrected chi connectivity index (χ1v) is 6.80. The molecule has 0 heterocycles. The highest BCUT2D eigenvalue weighted by Crippen LogP contribution is 2.35. The zero-order valence-corrected chi connectivity index (χ0v) is 11.3. The van der Waals surface area contributed by atoms with Gasteiger partial charge in [0.1, 0.15) is 0 Å². The summed E-state index contributed by atoms with van der Waals surface area (Å²) in [7, 11) is 0. The molecule has 0 radical (unpaired) electrons. The van der Waals surface area contributed by atoms with Crippen LogP contribution in [0.1, 0.15) is 32.6 Å². The molecule has 0 saturated heterocycles. The van der Waals surface area contributed by atoms with Crippen LogP contribution in [-0.4, -0.2) is 6.04 Å². The molecule has 0 spiro atoms. The molecule has 1 aliphatic rings. The molecule has 3 N–H and O–H groups in total. The smallest absolute Gasteiger partial charge is 0.0587 e. The number of nitrogens with one attached hydrogen (secondary N) is 1. The fourth-order valence-corrected chi connectivity index (χ4v) is 2.32. The van der Waals surface area contributed by atoms with E-state index >= 15 is 0 Å². The van der Waals surface area contributed by atoms with E-state index in [4.69, 9.17) is 5.73 Å². The summed E-state index contributed by atoms with van der Waals surface area (Å²) < 4.78 is 1.07. The number of benzene rings is 1. The summed E-state index contributed by atoms with van der Waals surface area (Å²) in [5, 5.41) is 3.55. The van der Waals surface area contributed by atoms with Crippen LogP contribution in [0, 0.1) is 5.92 Å². The highest BCUT2D eigenvalue weighted by Gasteiger charge is 2.24. The molecule has 1 aromatic rings. The number of anilines is 2. The Morgan fingerprint density at radius 2 is 2.25 bits per heavy atom. The van der Waals surface area contributed by atoms with E-state index in [0.717, 1.165) is 28.2 Å². The van der Waals surface area contributed by atoms with Gasteiger partial charge >= 0.3 is 0 Å². The van der Waals surface area contributed by atoms with Crippen molar-refractivity contribution in [2.24, 2.45) is 5.92 Å². The topological polar surface area (TPSA) is 38.0 Å². The molecule has 1 fully saturated rings. The Morgan fingerprint density at radius 1 is 1.50 bits per heavy atom. The Morgan fingerprint density at radius 3 is 2.88 bits per heavy atom. The van der Waals surface area contributed by atoms with E-state index in [0.29, 0.717) is 6.04 Å². The maximum Gasteiger partial charge on any atom is 0.0587 e. The van der Waals surface area contributed by atoms with Crippen molar-refractivity contribution in [1.29, 1.82) is 0 Å². The molecular weight excluding hydrogens is 264 g/mol. The SMILES string of the molecule is CCC(CC1CC1)Nc1cc(Br)ccc1N. The van der Waals surface area contributed by atoms with Crippen molar-refractivity contribution in [1.82, 2.24) is 0 Å². The first-order valence-electron chi connectivity index (χ1n) is 6.00. The Kier molecular flexibility index (Phi) is 3.74. The Bertz CT molecular complexity index is 361. The number of nitrogens with two attached hydrogens (primary N) is 1. The Hall–Kier alpha value is -0.700. The molecule has 0 aliphatic heterocycles. The molecule has 1 saturated carbocycles. The van der Waals surface area contributed by atoms with Gasteiger partial charge in [0, 0.05) is 10.5 Å². The van der Waals surface area contributed by atoms with Crippen LogP contribution in [-0.2, 0) is 0 Å². The van der Waals surface area contributed by atoms with Gasteiger partial charge in [-0.25, -0.2) is 0 Å². The normalized spacial score (nSPS) is 17.1. The van der Waals surface area contributed by atoms with Crippen molar-refractivity contribution < 1.29 is 0 Å². The third-order valence-corrected chi connectivity index (χ3v) is 3.68. The summed E-state index contributed by atoms with van der Waals surface area (Å²) in [6.07, 6.45) is 5.25. The number of halogens is 1. The number of hydrogen-bond donors (Lipinski definition) is 2. The van der Waals surface area contributed by atoms with E-state index in [1.807, 2.05) is 12.1 Å². The molecule has 3 heteroatoms. The zero-order valence-electron chi connectivity index (χ0n) is 9.67. The maximum atomic E-state index is 5.96. The molecule has 1 aromatic carbocycles.